The lowest BCUT2D eigenvalue weighted by atomic mass is 10.2. The maximum absolute atomic E-state index is 10.6. The van der Waals surface area contributed by atoms with Crippen LogP contribution in [0.4, 0.5) is 5.69 Å². The Hall–Kier alpha value is -1.55. The molecule has 1 amide bonds. The van der Waals surface area contributed by atoms with E-state index in [0.717, 1.165) is 19.6 Å². The molecule has 0 bridgehead atoms. The summed E-state index contributed by atoms with van der Waals surface area (Å²) >= 11 is 0. The van der Waals surface area contributed by atoms with Crippen LogP contribution < -0.4 is 16.0 Å². The van der Waals surface area contributed by atoms with Gasteiger partial charge in [0, 0.05) is 38.3 Å². The topological polar surface area (TPSA) is 58.4 Å². The third kappa shape index (κ3) is 4.75. The zero-order valence-electron chi connectivity index (χ0n) is 11.3. The first kappa shape index (κ1) is 14.5. The van der Waals surface area contributed by atoms with Crippen LogP contribution in [-0.2, 0) is 11.3 Å². The van der Waals surface area contributed by atoms with Crippen molar-refractivity contribution in [3.05, 3.63) is 29.8 Å². The number of anilines is 1. The molecule has 1 aromatic rings. The summed E-state index contributed by atoms with van der Waals surface area (Å²) in [7, 11) is 0. The summed E-state index contributed by atoms with van der Waals surface area (Å²) in [6, 6.07) is 8.51. The summed E-state index contributed by atoms with van der Waals surface area (Å²) < 4.78 is 0. The number of nitrogens with one attached hydrogen (secondary N) is 1. The maximum Gasteiger partial charge on any atom is 0.218 e. The van der Waals surface area contributed by atoms with E-state index in [2.05, 4.69) is 48.3 Å². The normalized spacial score (nSPS) is 10.3. The molecule has 0 unspecified atom stereocenters. The Morgan fingerprint density at radius 1 is 1.22 bits per heavy atom. The van der Waals surface area contributed by atoms with Gasteiger partial charge in [0.1, 0.15) is 0 Å². The van der Waals surface area contributed by atoms with Crippen LogP contribution in [0.5, 0.6) is 0 Å². The zero-order valence-corrected chi connectivity index (χ0v) is 11.3. The second kappa shape index (κ2) is 7.71. The molecule has 0 saturated carbocycles. The minimum atomic E-state index is -0.264. The van der Waals surface area contributed by atoms with E-state index < -0.39 is 0 Å². The number of benzene rings is 1. The molecule has 0 aliphatic heterocycles. The average Bonchev–Trinajstić information content (AvgIpc) is 2.37. The summed E-state index contributed by atoms with van der Waals surface area (Å²) in [5.41, 5.74) is 7.54. The fourth-order valence-corrected chi connectivity index (χ4v) is 1.86. The molecule has 1 rings (SSSR count). The van der Waals surface area contributed by atoms with Crippen molar-refractivity contribution < 1.29 is 4.79 Å². The first-order valence-electron chi connectivity index (χ1n) is 6.50. The van der Waals surface area contributed by atoms with Crippen LogP contribution in [0.25, 0.3) is 0 Å². The molecule has 18 heavy (non-hydrogen) atoms. The Labute approximate surface area is 109 Å². The van der Waals surface area contributed by atoms with Crippen molar-refractivity contribution in [3.8, 4) is 0 Å². The first-order chi connectivity index (χ1) is 8.67. The molecule has 0 atom stereocenters. The Morgan fingerprint density at radius 3 is 2.33 bits per heavy atom. The summed E-state index contributed by atoms with van der Waals surface area (Å²) in [5.74, 6) is -0.264. The van der Waals surface area contributed by atoms with E-state index in [9.17, 15) is 4.79 Å². The van der Waals surface area contributed by atoms with Crippen molar-refractivity contribution in [2.24, 2.45) is 5.73 Å². The maximum atomic E-state index is 10.6. The van der Waals surface area contributed by atoms with Gasteiger partial charge in [0.15, 0.2) is 0 Å². The SMILES string of the molecule is CCN(CC)c1ccc(CNCCC(N)=O)cc1. The molecule has 4 nitrogen and oxygen atoms in total. The standard InChI is InChI=1S/C14H23N3O/c1-3-17(4-2)13-7-5-12(6-8-13)11-16-10-9-14(15)18/h5-8,16H,3-4,9-11H2,1-2H3,(H2,15,18). The van der Waals surface area contributed by atoms with Crippen LogP contribution in [0.3, 0.4) is 0 Å². The number of carbonyl (C=O) groups excluding carboxylic acids is 1. The molecule has 0 radical (unpaired) electrons. The highest BCUT2D eigenvalue weighted by Crippen LogP contribution is 2.14. The Bertz CT molecular complexity index is 358. The van der Waals surface area contributed by atoms with Crippen molar-refractivity contribution in [3.63, 3.8) is 0 Å². The van der Waals surface area contributed by atoms with Crippen LogP contribution in [0.2, 0.25) is 0 Å². The first-order valence-corrected chi connectivity index (χ1v) is 6.50. The van der Waals surface area contributed by atoms with Gasteiger partial charge in [-0.05, 0) is 31.5 Å². The summed E-state index contributed by atoms with van der Waals surface area (Å²) in [6.07, 6.45) is 0.386. The Morgan fingerprint density at radius 2 is 1.83 bits per heavy atom. The highest BCUT2D eigenvalue weighted by molar-refractivity contribution is 5.73. The van der Waals surface area contributed by atoms with Gasteiger partial charge in [-0.2, -0.15) is 0 Å². The lowest BCUT2D eigenvalue weighted by molar-refractivity contribution is -0.117. The number of amides is 1. The van der Waals surface area contributed by atoms with Crippen LogP contribution in [-0.4, -0.2) is 25.5 Å². The summed E-state index contributed by atoms with van der Waals surface area (Å²) in [4.78, 5) is 12.9. The van der Waals surface area contributed by atoms with E-state index in [1.54, 1.807) is 0 Å². The van der Waals surface area contributed by atoms with Crippen LogP contribution in [0, 0.1) is 0 Å². The lowest BCUT2D eigenvalue weighted by Gasteiger charge is -2.21. The third-order valence-corrected chi connectivity index (χ3v) is 2.94. The molecule has 0 aliphatic rings. The number of hydrogen-bond donors (Lipinski definition) is 2. The van der Waals surface area contributed by atoms with E-state index in [1.165, 1.54) is 11.3 Å². The predicted octanol–water partition coefficient (Wildman–Crippen LogP) is 1.50. The minimum Gasteiger partial charge on any atom is -0.372 e. The zero-order chi connectivity index (χ0) is 13.4. The number of nitrogens with zero attached hydrogens (tertiary/aromatic N) is 1. The molecule has 3 N–H and O–H groups in total. The van der Waals surface area contributed by atoms with E-state index in [0.29, 0.717) is 13.0 Å². The predicted molar refractivity (Wildman–Crippen MR) is 75.5 cm³/mol. The van der Waals surface area contributed by atoms with Crippen molar-refractivity contribution in [2.75, 3.05) is 24.5 Å². The number of carbonyl (C=O) groups is 1. The smallest absolute Gasteiger partial charge is 0.218 e. The van der Waals surface area contributed by atoms with Gasteiger partial charge in [-0.1, -0.05) is 12.1 Å². The molecule has 0 spiro atoms. The molecule has 0 saturated heterocycles. The van der Waals surface area contributed by atoms with Crippen molar-refractivity contribution in [1.29, 1.82) is 0 Å². The van der Waals surface area contributed by atoms with E-state index in [4.69, 9.17) is 5.73 Å². The van der Waals surface area contributed by atoms with Gasteiger partial charge in [-0.15, -0.1) is 0 Å². The van der Waals surface area contributed by atoms with Gasteiger partial charge in [0.25, 0.3) is 0 Å². The molecule has 100 valence electrons. The van der Waals surface area contributed by atoms with E-state index in [-0.39, 0.29) is 5.91 Å². The van der Waals surface area contributed by atoms with Crippen molar-refractivity contribution in [1.82, 2.24) is 5.32 Å². The van der Waals surface area contributed by atoms with Gasteiger partial charge in [-0.25, -0.2) is 0 Å². The second-order valence-corrected chi connectivity index (χ2v) is 4.23. The highest BCUT2D eigenvalue weighted by atomic mass is 16.1. The largest absolute Gasteiger partial charge is 0.372 e. The Balaban J connectivity index is 2.42. The fourth-order valence-electron chi connectivity index (χ4n) is 1.86. The molecule has 0 fully saturated rings. The van der Waals surface area contributed by atoms with Gasteiger partial charge in [0.05, 0.1) is 0 Å². The molecule has 0 heterocycles. The monoisotopic (exact) mass is 249 g/mol. The fraction of sp³-hybridized carbons (Fsp3) is 0.500. The summed E-state index contributed by atoms with van der Waals surface area (Å²) in [6.45, 7) is 7.75. The molecular weight excluding hydrogens is 226 g/mol. The quantitative estimate of drug-likeness (QED) is 0.686. The van der Waals surface area contributed by atoms with E-state index >= 15 is 0 Å². The third-order valence-electron chi connectivity index (χ3n) is 2.94. The number of nitrogens with two attached hydrogens (primary N) is 1. The molecule has 4 heteroatoms. The van der Waals surface area contributed by atoms with Crippen LogP contribution in [0.1, 0.15) is 25.8 Å². The number of primary amides is 1. The molecule has 1 aromatic carbocycles. The van der Waals surface area contributed by atoms with Gasteiger partial charge >= 0.3 is 0 Å². The number of rotatable bonds is 8. The molecule has 0 aromatic heterocycles. The van der Waals surface area contributed by atoms with Gasteiger partial charge < -0.3 is 16.0 Å². The van der Waals surface area contributed by atoms with Crippen molar-refractivity contribution >= 4 is 11.6 Å². The minimum absolute atomic E-state index is 0.264. The van der Waals surface area contributed by atoms with Gasteiger partial charge in [-0.3, -0.25) is 4.79 Å². The molecular formula is C14H23N3O. The van der Waals surface area contributed by atoms with Crippen LogP contribution >= 0.6 is 0 Å². The van der Waals surface area contributed by atoms with E-state index in [1.807, 2.05) is 0 Å². The lowest BCUT2D eigenvalue weighted by Crippen LogP contribution is -2.22. The number of hydrogen-bond acceptors (Lipinski definition) is 3. The van der Waals surface area contributed by atoms with Gasteiger partial charge in [0.2, 0.25) is 5.91 Å². The van der Waals surface area contributed by atoms with Crippen LogP contribution in [0.15, 0.2) is 24.3 Å². The molecule has 0 aliphatic carbocycles. The highest BCUT2D eigenvalue weighted by Gasteiger charge is 2.01. The second-order valence-electron chi connectivity index (χ2n) is 4.23. The Kier molecular flexibility index (Phi) is 6.22. The average molecular weight is 249 g/mol. The van der Waals surface area contributed by atoms with Crippen molar-refractivity contribution in [2.45, 2.75) is 26.8 Å². The summed E-state index contributed by atoms with van der Waals surface area (Å²) in [5, 5.41) is 3.20.